The molecule has 116 valence electrons. The zero-order chi connectivity index (χ0) is 15.8. The Bertz CT molecular complexity index is 527. The first kappa shape index (κ1) is 17.1. The summed E-state index contributed by atoms with van der Waals surface area (Å²) in [6.45, 7) is 0.902. The molecule has 0 saturated carbocycles. The first-order valence-electron chi connectivity index (χ1n) is 6.08. The van der Waals surface area contributed by atoms with Crippen LogP contribution in [-0.4, -0.2) is 37.6 Å². The van der Waals surface area contributed by atoms with Crippen molar-refractivity contribution < 1.29 is 18.8 Å². The molecule has 0 radical (unpaired) electrons. The van der Waals surface area contributed by atoms with Crippen LogP contribution >= 0.6 is 11.6 Å². The van der Waals surface area contributed by atoms with Gasteiger partial charge in [-0.2, -0.15) is 0 Å². The molecule has 0 unspecified atom stereocenters. The highest BCUT2D eigenvalue weighted by Gasteiger charge is 2.17. The molecule has 0 bridgehead atoms. The van der Waals surface area contributed by atoms with Crippen molar-refractivity contribution in [3.8, 4) is 0 Å². The third-order valence-electron chi connectivity index (χ3n) is 2.53. The number of anilines is 1. The van der Waals surface area contributed by atoms with Crippen LogP contribution in [0.3, 0.4) is 0 Å². The molecular formula is C12H15ClFN3O4. The van der Waals surface area contributed by atoms with Gasteiger partial charge in [0.1, 0.15) is 11.5 Å². The summed E-state index contributed by atoms with van der Waals surface area (Å²) in [7, 11) is 1.52. The molecule has 0 aliphatic rings. The first-order valence-corrected chi connectivity index (χ1v) is 6.46. The number of nitrogens with one attached hydrogen (secondary N) is 2. The third-order valence-corrected chi connectivity index (χ3v) is 2.82. The van der Waals surface area contributed by atoms with Gasteiger partial charge in [0.05, 0.1) is 16.6 Å². The molecule has 21 heavy (non-hydrogen) atoms. The number of carbonyl (C=O) groups excluding carboxylic acids is 1. The minimum Gasteiger partial charge on any atom is -0.383 e. The number of methoxy groups -OCH3 is 1. The van der Waals surface area contributed by atoms with Crippen LogP contribution in [0.2, 0.25) is 5.02 Å². The van der Waals surface area contributed by atoms with E-state index in [2.05, 4.69) is 10.6 Å². The topological polar surface area (TPSA) is 93.5 Å². The number of carbonyl (C=O) groups is 1. The zero-order valence-electron chi connectivity index (χ0n) is 11.3. The van der Waals surface area contributed by atoms with Crippen LogP contribution < -0.4 is 10.6 Å². The maximum absolute atomic E-state index is 13.3. The van der Waals surface area contributed by atoms with Gasteiger partial charge in [-0.25, -0.2) is 4.39 Å². The second-order valence-electron chi connectivity index (χ2n) is 4.06. The average Bonchev–Trinajstić information content (AvgIpc) is 2.42. The third kappa shape index (κ3) is 5.52. The number of nitrogens with zero attached hydrogens (tertiary/aromatic N) is 1. The Morgan fingerprint density at radius 1 is 1.48 bits per heavy atom. The fourth-order valence-electron chi connectivity index (χ4n) is 1.52. The quantitative estimate of drug-likeness (QED) is 0.434. The van der Waals surface area contributed by atoms with E-state index in [4.69, 9.17) is 16.3 Å². The van der Waals surface area contributed by atoms with E-state index in [1.54, 1.807) is 0 Å². The highest BCUT2D eigenvalue weighted by atomic mass is 35.5. The van der Waals surface area contributed by atoms with Crippen molar-refractivity contribution in [2.24, 2.45) is 0 Å². The summed E-state index contributed by atoms with van der Waals surface area (Å²) >= 11 is 5.50. The van der Waals surface area contributed by atoms with Crippen molar-refractivity contribution in [1.29, 1.82) is 0 Å². The fourth-order valence-corrected chi connectivity index (χ4v) is 1.68. The molecule has 0 heterocycles. The summed E-state index contributed by atoms with van der Waals surface area (Å²) in [5.74, 6) is -1.01. The Hall–Kier alpha value is -1.93. The number of hydrogen-bond donors (Lipinski definition) is 2. The lowest BCUT2D eigenvalue weighted by Crippen LogP contribution is -2.28. The summed E-state index contributed by atoms with van der Waals surface area (Å²) in [6.07, 6.45) is 0.0884. The van der Waals surface area contributed by atoms with Gasteiger partial charge >= 0.3 is 0 Å². The van der Waals surface area contributed by atoms with Gasteiger partial charge in [0.2, 0.25) is 5.91 Å². The maximum Gasteiger partial charge on any atom is 0.294 e. The Kier molecular flexibility index (Phi) is 6.83. The predicted molar refractivity (Wildman–Crippen MR) is 76.1 cm³/mol. The summed E-state index contributed by atoms with van der Waals surface area (Å²) in [5, 5.41) is 15.8. The van der Waals surface area contributed by atoms with Crippen LogP contribution in [-0.2, 0) is 9.53 Å². The van der Waals surface area contributed by atoms with Crippen LogP contribution in [0.4, 0.5) is 15.8 Å². The molecule has 0 spiro atoms. The minimum absolute atomic E-state index is 0.0217. The van der Waals surface area contributed by atoms with Crippen molar-refractivity contribution >= 4 is 28.9 Å². The van der Waals surface area contributed by atoms with Crippen LogP contribution in [0.5, 0.6) is 0 Å². The molecule has 2 N–H and O–H groups in total. The van der Waals surface area contributed by atoms with E-state index in [0.29, 0.717) is 13.2 Å². The van der Waals surface area contributed by atoms with Crippen LogP contribution in [0.1, 0.15) is 6.42 Å². The van der Waals surface area contributed by atoms with E-state index in [0.717, 1.165) is 12.1 Å². The lowest BCUT2D eigenvalue weighted by molar-refractivity contribution is -0.384. The molecular weight excluding hydrogens is 305 g/mol. The summed E-state index contributed by atoms with van der Waals surface area (Å²) < 4.78 is 18.1. The average molecular weight is 320 g/mol. The highest BCUT2D eigenvalue weighted by molar-refractivity contribution is 6.31. The van der Waals surface area contributed by atoms with Gasteiger partial charge in [0.15, 0.2) is 0 Å². The number of nitro groups is 1. The van der Waals surface area contributed by atoms with E-state index in [1.165, 1.54) is 7.11 Å². The Morgan fingerprint density at radius 2 is 2.19 bits per heavy atom. The van der Waals surface area contributed by atoms with E-state index in [1.807, 2.05) is 0 Å². The standard InChI is InChI=1S/C12H15ClFN3O4/c1-21-5-4-16-12(18)2-3-15-10-7-9(14)8(13)6-11(10)17(19)20/h6-7,15H,2-5H2,1H3,(H,16,18). The Balaban J connectivity index is 2.57. The molecule has 0 atom stereocenters. The second kappa shape index (κ2) is 8.38. The minimum atomic E-state index is -0.769. The molecule has 0 fully saturated rings. The van der Waals surface area contributed by atoms with Gasteiger partial charge < -0.3 is 15.4 Å². The monoisotopic (exact) mass is 319 g/mol. The normalized spacial score (nSPS) is 10.2. The number of halogens is 2. The number of nitro benzene ring substituents is 1. The Labute approximate surface area is 125 Å². The number of hydrogen-bond acceptors (Lipinski definition) is 5. The number of rotatable bonds is 8. The van der Waals surface area contributed by atoms with Crippen molar-refractivity contribution in [2.45, 2.75) is 6.42 Å². The summed E-state index contributed by atoms with van der Waals surface area (Å²) in [4.78, 5) is 21.6. The van der Waals surface area contributed by atoms with E-state index < -0.39 is 10.7 Å². The molecule has 0 aliphatic heterocycles. The largest absolute Gasteiger partial charge is 0.383 e. The van der Waals surface area contributed by atoms with Crippen LogP contribution in [0, 0.1) is 15.9 Å². The lowest BCUT2D eigenvalue weighted by atomic mass is 10.2. The zero-order valence-corrected chi connectivity index (χ0v) is 12.1. The van der Waals surface area contributed by atoms with Gasteiger partial charge in [0.25, 0.3) is 5.69 Å². The van der Waals surface area contributed by atoms with Crippen molar-refractivity contribution in [3.63, 3.8) is 0 Å². The van der Waals surface area contributed by atoms with Gasteiger partial charge in [0, 0.05) is 38.8 Å². The number of benzene rings is 1. The predicted octanol–water partition coefficient (Wildman–Crippen LogP) is 1.95. The smallest absolute Gasteiger partial charge is 0.294 e. The van der Waals surface area contributed by atoms with E-state index in [9.17, 15) is 19.3 Å². The molecule has 7 nitrogen and oxygen atoms in total. The molecule has 1 aromatic carbocycles. The molecule has 1 amide bonds. The second-order valence-corrected chi connectivity index (χ2v) is 4.47. The molecule has 0 aliphatic carbocycles. The number of amides is 1. The molecule has 1 rings (SSSR count). The fraction of sp³-hybridized carbons (Fsp3) is 0.417. The first-order chi connectivity index (χ1) is 9.95. The van der Waals surface area contributed by atoms with E-state index in [-0.39, 0.29) is 35.3 Å². The van der Waals surface area contributed by atoms with Crippen LogP contribution in [0.25, 0.3) is 0 Å². The summed E-state index contributed by atoms with van der Waals surface area (Å²) in [5.41, 5.74) is -0.368. The molecule has 1 aromatic rings. The maximum atomic E-state index is 13.3. The SMILES string of the molecule is COCCNC(=O)CCNc1cc(F)c(Cl)cc1[N+](=O)[O-]. The van der Waals surface area contributed by atoms with Crippen molar-refractivity contribution in [2.75, 3.05) is 32.1 Å². The summed E-state index contributed by atoms with van der Waals surface area (Å²) in [6, 6.07) is 1.86. The van der Waals surface area contributed by atoms with Gasteiger partial charge in [-0.15, -0.1) is 0 Å². The van der Waals surface area contributed by atoms with Crippen molar-refractivity contribution in [3.05, 3.63) is 33.1 Å². The van der Waals surface area contributed by atoms with Crippen molar-refractivity contribution in [1.82, 2.24) is 5.32 Å². The molecule has 9 heteroatoms. The van der Waals surface area contributed by atoms with Gasteiger partial charge in [-0.3, -0.25) is 14.9 Å². The van der Waals surface area contributed by atoms with Gasteiger partial charge in [-0.05, 0) is 0 Å². The van der Waals surface area contributed by atoms with Crippen LogP contribution in [0.15, 0.2) is 12.1 Å². The molecule has 0 aromatic heterocycles. The number of ether oxygens (including phenoxy) is 1. The lowest BCUT2D eigenvalue weighted by Gasteiger charge is -2.08. The van der Waals surface area contributed by atoms with Gasteiger partial charge in [-0.1, -0.05) is 11.6 Å². The Morgan fingerprint density at radius 3 is 2.81 bits per heavy atom. The molecule has 0 saturated heterocycles. The highest BCUT2D eigenvalue weighted by Crippen LogP contribution is 2.30. The van der Waals surface area contributed by atoms with E-state index >= 15 is 0 Å².